The van der Waals surface area contributed by atoms with Crippen LogP contribution in [-0.2, 0) is 11.3 Å². The molecule has 0 aliphatic rings. The third-order valence-corrected chi connectivity index (χ3v) is 2.04. The maximum Gasteiger partial charge on any atom is 0.130 e. The lowest BCUT2D eigenvalue weighted by Crippen LogP contribution is -2.02. The molecule has 1 aromatic rings. The highest BCUT2D eigenvalue weighted by Gasteiger charge is 2.05. The van der Waals surface area contributed by atoms with E-state index in [1.54, 1.807) is 12.1 Å². The Bertz CT molecular complexity index is 268. The van der Waals surface area contributed by atoms with Gasteiger partial charge in [0.1, 0.15) is 5.82 Å². The van der Waals surface area contributed by atoms with Crippen LogP contribution in [0, 0.1) is 5.82 Å². The normalized spacial score (nSPS) is 10.4. The van der Waals surface area contributed by atoms with E-state index >= 15 is 0 Å². The van der Waals surface area contributed by atoms with Crippen LogP contribution < -0.4 is 5.73 Å². The van der Waals surface area contributed by atoms with Gasteiger partial charge in [-0.05, 0) is 18.6 Å². The Labute approximate surface area is 83.9 Å². The molecule has 0 aliphatic heterocycles. The number of ether oxygens (including phenoxy) is 1. The van der Waals surface area contributed by atoms with Crippen LogP contribution >= 0.6 is 0 Å². The molecule has 14 heavy (non-hydrogen) atoms. The van der Waals surface area contributed by atoms with Gasteiger partial charge in [-0.25, -0.2) is 4.39 Å². The van der Waals surface area contributed by atoms with Crippen molar-refractivity contribution < 1.29 is 9.13 Å². The van der Waals surface area contributed by atoms with Gasteiger partial charge in [0.15, 0.2) is 0 Å². The zero-order chi connectivity index (χ0) is 10.4. The molecular formula is C11H16FNO. The minimum Gasteiger partial charge on any atom is -0.398 e. The monoisotopic (exact) mass is 197 g/mol. The van der Waals surface area contributed by atoms with Crippen LogP contribution in [0.25, 0.3) is 0 Å². The third-order valence-electron chi connectivity index (χ3n) is 2.04. The lowest BCUT2D eigenvalue weighted by Gasteiger charge is -2.07. The lowest BCUT2D eigenvalue weighted by atomic mass is 10.2. The van der Waals surface area contributed by atoms with Gasteiger partial charge in [-0.15, -0.1) is 0 Å². The summed E-state index contributed by atoms with van der Waals surface area (Å²) in [4.78, 5) is 0. The smallest absolute Gasteiger partial charge is 0.130 e. The fraction of sp³-hybridized carbons (Fsp3) is 0.455. The second-order valence-corrected chi connectivity index (χ2v) is 3.21. The minimum absolute atomic E-state index is 0.262. The van der Waals surface area contributed by atoms with Gasteiger partial charge in [0.05, 0.1) is 6.61 Å². The lowest BCUT2D eigenvalue weighted by molar-refractivity contribution is 0.116. The number of unbranched alkanes of at least 4 members (excludes halogenated alkanes) is 1. The Morgan fingerprint density at radius 2 is 2.21 bits per heavy atom. The highest BCUT2D eigenvalue weighted by molar-refractivity contribution is 5.46. The summed E-state index contributed by atoms with van der Waals surface area (Å²) in [6.07, 6.45) is 2.07. The number of benzene rings is 1. The fourth-order valence-corrected chi connectivity index (χ4v) is 1.15. The van der Waals surface area contributed by atoms with Crippen LogP contribution in [0.3, 0.4) is 0 Å². The van der Waals surface area contributed by atoms with E-state index in [4.69, 9.17) is 10.5 Å². The number of hydrogen-bond donors (Lipinski definition) is 1. The summed E-state index contributed by atoms with van der Waals surface area (Å²) in [6, 6.07) is 4.68. The average Bonchev–Trinajstić information content (AvgIpc) is 2.16. The number of rotatable bonds is 5. The second-order valence-electron chi connectivity index (χ2n) is 3.21. The summed E-state index contributed by atoms with van der Waals surface area (Å²) in [5.74, 6) is -0.290. The van der Waals surface area contributed by atoms with Gasteiger partial charge >= 0.3 is 0 Å². The molecule has 0 aromatic heterocycles. The first-order valence-electron chi connectivity index (χ1n) is 4.86. The Balaban J connectivity index is 2.49. The van der Waals surface area contributed by atoms with E-state index in [9.17, 15) is 4.39 Å². The van der Waals surface area contributed by atoms with Crippen molar-refractivity contribution in [2.75, 3.05) is 12.3 Å². The first-order valence-corrected chi connectivity index (χ1v) is 4.86. The standard InChI is InChI=1S/C11H16FNO/c1-2-3-7-14-8-9-10(12)5-4-6-11(9)13/h4-6H,2-3,7-8,13H2,1H3. The van der Waals surface area contributed by atoms with E-state index in [-0.39, 0.29) is 12.4 Å². The highest BCUT2D eigenvalue weighted by atomic mass is 19.1. The maximum absolute atomic E-state index is 13.2. The van der Waals surface area contributed by atoms with E-state index in [1.165, 1.54) is 6.07 Å². The van der Waals surface area contributed by atoms with Crippen molar-refractivity contribution in [3.05, 3.63) is 29.6 Å². The molecule has 0 bridgehead atoms. The van der Waals surface area contributed by atoms with Crippen molar-refractivity contribution in [1.29, 1.82) is 0 Å². The summed E-state index contributed by atoms with van der Waals surface area (Å²) >= 11 is 0. The molecule has 0 atom stereocenters. The van der Waals surface area contributed by atoms with E-state index in [0.29, 0.717) is 17.9 Å². The SMILES string of the molecule is CCCCOCc1c(N)cccc1F. The van der Waals surface area contributed by atoms with Gasteiger partial charge in [0, 0.05) is 17.9 Å². The third kappa shape index (κ3) is 3.00. The zero-order valence-corrected chi connectivity index (χ0v) is 8.42. The number of anilines is 1. The van der Waals surface area contributed by atoms with E-state index in [1.807, 2.05) is 0 Å². The molecule has 2 N–H and O–H groups in total. The molecule has 0 radical (unpaired) electrons. The number of nitrogens with two attached hydrogens (primary N) is 1. The van der Waals surface area contributed by atoms with Gasteiger partial charge in [0.25, 0.3) is 0 Å². The molecule has 0 saturated carbocycles. The Kier molecular flexibility index (Phi) is 4.40. The Morgan fingerprint density at radius 1 is 1.43 bits per heavy atom. The topological polar surface area (TPSA) is 35.2 Å². The largest absolute Gasteiger partial charge is 0.398 e. The van der Waals surface area contributed by atoms with E-state index in [0.717, 1.165) is 12.8 Å². The molecule has 1 aromatic carbocycles. The first kappa shape index (κ1) is 11.0. The average molecular weight is 197 g/mol. The van der Waals surface area contributed by atoms with Crippen molar-refractivity contribution >= 4 is 5.69 Å². The quantitative estimate of drug-likeness (QED) is 0.582. The summed E-state index contributed by atoms with van der Waals surface area (Å²) in [5.41, 5.74) is 6.54. The molecule has 1 rings (SSSR count). The van der Waals surface area contributed by atoms with Crippen molar-refractivity contribution in [2.24, 2.45) is 0 Å². The summed E-state index contributed by atoms with van der Waals surface area (Å²) < 4.78 is 18.5. The first-order chi connectivity index (χ1) is 6.75. The molecule has 0 saturated heterocycles. The summed E-state index contributed by atoms with van der Waals surface area (Å²) in [5, 5.41) is 0. The molecule has 0 aliphatic carbocycles. The van der Waals surface area contributed by atoms with Crippen molar-refractivity contribution in [1.82, 2.24) is 0 Å². The molecule has 78 valence electrons. The fourth-order valence-electron chi connectivity index (χ4n) is 1.15. The predicted octanol–water partition coefficient (Wildman–Crippen LogP) is 2.72. The molecular weight excluding hydrogens is 181 g/mol. The second kappa shape index (κ2) is 5.60. The van der Waals surface area contributed by atoms with Gasteiger partial charge in [-0.2, -0.15) is 0 Å². The minimum atomic E-state index is -0.290. The molecule has 3 heteroatoms. The molecule has 0 spiro atoms. The summed E-state index contributed by atoms with van der Waals surface area (Å²) in [6.45, 7) is 3.00. The molecule has 0 amide bonds. The van der Waals surface area contributed by atoms with Crippen LogP contribution in [0.5, 0.6) is 0 Å². The van der Waals surface area contributed by atoms with Crippen molar-refractivity contribution in [3.8, 4) is 0 Å². The van der Waals surface area contributed by atoms with Crippen LogP contribution in [-0.4, -0.2) is 6.61 Å². The number of nitrogen functional groups attached to an aromatic ring is 1. The van der Waals surface area contributed by atoms with E-state index < -0.39 is 0 Å². The number of hydrogen-bond acceptors (Lipinski definition) is 2. The van der Waals surface area contributed by atoms with Gasteiger partial charge in [-0.1, -0.05) is 19.4 Å². The molecule has 0 heterocycles. The van der Waals surface area contributed by atoms with Crippen LogP contribution in [0.4, 0.5) is 10.1 Å². The Morgan fingerprint density at radius 3 is 2.86 bits per heavy atom. The van der Waals surface area contributed by atoms with Crippen molar-refractivity contribution in [3.63, 3.8) is 0 Å². The number of halogens is 1. The zero-order valence-electron chi connectivity index (χ0n) is 8.42. The maximum atomic E-state index is 13.2. The van der Waals surface area contributed by atoms with Gasteiger partial charge in [0.2, 0.25) is 0 Å². The van der Waals surface area contributed by atoms with E-state index in [2.05, 4.69) is 6.92 Å². The van der Waals surface area contributed by atoms with Crippen LogP contribution in [0.15, 0.2) is 18.2 Å². The van der Waals surface area contributed by atoms with Crippen molar-refractivity contribution in [2.45, 2.75) is 26.4 Å². The molecule has 0 unspecified atom stereocenters. The predicted molar refractivity (Wildman–Crippen MR) is 55.4 cm³/mol. The van der Waals surface area contributed by atoms with Crippen LogP contribution in [0.2, 0.25) is 0 Å². The highest BCUT2D eigenvalue weighted by Crippen LogP contribution is 2.16. The Hall–Kier alpha value is -1.09. The van der Waals surface area contributed by atoms with Gasteiger partial charge < -0.3 is 10.5 Å². The molecule has 2 nitrogen and oxygen atoms in total. The summed E-state index contributed by atoms with van der Waals surface area (Å²) in [7, 11) is 0. The molecule has 0 fully saturated rings. The van der Waals surface area contributed by atoms with Crippen LogP contribution in [0.1, 0.15) is 25.3 Å². The van der Waals surface area contributed by atoms with Gasteiger partial charge in [-0.3, -0.25) is 0 Å².